The molecule has 4 rings (SSSR count). The van der Waals surface area contributed by atoms with Crippen LogP contribution in [-0.2, 0) is 39.9 Å². The minimum absolute atomic E-state index is 0.00951. The molecular formula is C27H35F6N7O4Si. The minimum atomic E-state index is -4.77. The van der Waals surface area contributed by atoms with Gasteiger partial charge in [-0.1, -0.05) is 19.6 Å². The van der Waals surface area contributed by atoms with E-state index in [2.05, 4.69) is 34.7 Å². The number of anilines is 1. The second-order valence-corrected chi connectivity index (χ2v) is 17.4. The number of ether oxygens (including phenoxy) is 2. The summed E-state index contributed by atoms with van der Waals surface area (Å²) in [7, 11) is -1.39. The fourth-order valence-corrected chi connectivity index (χ4v) is 5.39. The summed E-state index contributed by atoms with van der Waals surface area (Å²) in [5.74, 6) is -0.0601. The van der Waals surface area contributed by atoms with E-state index in [1.165, 1.54) is 10.8 Å². The quantitative estimate of drug-likeness (QED) is 0.162. The van der Waals surface area contributed by atoms with Crippen LogP contribution in [0, 0.1) is 0 Å². The number of fused-ring (bicyclic) bond motifs is 1. The second-order valence-electron chi connectivity index (χ2n) is 11.8. The Bertz CT molecular complexity index is 1510. The van der Waals surface area contributed by atoms with Crippen LogP contribution in [-0.4, -0.2) is 89.2 Å². The molecule has 0 aromatic carbocycles. The third-order valence-electron chi connectivity index (χ3n) is 7.22. The molecule has 0 atom stereocenters. The standard InChI is InChI=1S/C27H35F6N7O4Si/c1-45(2,3)13-12-44-18-40-24(42)23-20(27(31,32)33)17-39(21(23)16-36-40)9-11-43-10-4-22(41)37-5-7-38(8-6-37)25-34-14-19(15-35-25)26(28,29)30/h14-17H,4-13,18H2,1-3H3. The van der Waals surface area contributed by atoms with Gasteiger partial charge in [-0.15, -0.1) is 0 Å². The van der Waals surface area contributed by atoms with Crippen LogP contribution in [0.1, 0.15) is 17.5 Å². The third kappa shape index (κ3) is 9.03. The number of rotatable bonds is 12. The Morgan fingerprint density at radius 2 is 1.58 bits per heavy atom. The summed E-state index contributed by atoms with van der Waals surface area (Å²) < 4.78 is 92.9. The zero-order chi connectivity index (χ0) is 33.0. The molecule has 0 bridgehead atoms. The van der Waals surface area contributed by atoms with E-state index in [9.17, 15) is 35.9 Å². The van der Waals surface area contributed by atoms with Gasteiger partial charge in [-0.2, -0.15) is 31.4 Å². The molecule has 4 heterocycles. The lowest BCUT2D eigenvalue weighted by atomic mass is 10.2. The van der Waals surface area contributed by atoms with Crippen molar-refractivity contribution in [2.45, 2.75) is 57.7 Å². The van der Waals surface area contributed by atoms with Crippen molar-refractivity contribution in [3.05, 3.63) is 46.3 Å². The predicted molar refractivity (Wildman–Crippen MR) is 154 cm³/mol. The Labute approximate surface area is 255 Å². The van der Waals surface area contributed by atoms with Gasteiger partial charge in [0, 0.05) is 66.0 Å². The highest BCUT2D eigenvalue weighted by atomic mass is 28.3. The zero-order valence-electron chi connectivity index (χ0n) is 25.1. The van der Waals surface area contributed by atoms with Gasteiger partial charge in [0.2, 0.25) is 11.9 Å². The molecule has 0 spiro atoms. The number of hydrogen-bond acceptors (Lipinski definition) is 8. The number of carbonyl (C=O) groups excluding carboxylic acids is 1. The summed E-state index contributed by atoms with van der Waals surface area (Å²) >= 11 is 0. The summed E-state index contributed by atoms with van der Waals surface area (Å²) in [6.07, 6.45) is -5.77. The molecule has 1 fully saturated rings. The molecule has 1 aliphatic heterocycles. The fourth-order valence-electron chi connectivity index (χ4n) is 4.63. The maximum absolute atomic E-state index is 13.8. The van der Waals surface area contributed by atoms with Crippen molar-refractivity contribution in [3.8, 4) is 0 Å². The lowest BCUT2D eigenvalue weighted by Gasteiger charge is -2.34. The monoisotopic (exact) mass is 663 g/mol. The van der Waals surface area contributed by atoms with Gasteiger partial charge < -0.3 is 23.8 Å². The van der Waals surface area contributed by atoms with Gasteiger partial charge >= 0.3 is 12.4 Å². The van der Waals surface area contributed by atoms with E-state index < -0.39 is 42.5 Å². The third-order valence-corrected chi connectivity index (χ3v) is 8.92. The molecule has 3 aromatic heterocycles. The van der Waals surface area contributed by atoms with Crippen LogP contribution in [0.25, 0.3) is 10.9 Å². The highest BCUT2D eigenvalue weighted by Gasteiger charge is 2.36. The number of alkyl halides is 6. The lowest BCUT2D eigenvalue weighted by Crippen LogP contribution is -2.49. The van der Waals surface area contributed by atoms with Crippen molar-refractivity contribution in [1.29, 1.82) is 0 Å². The van der Waals surface area contributed by atoms with Crippen molar-refractivity contribution >= 4 is 30.8 Å². The molecule has 18 heteroatoms. The minimum Gasteiger partial charge on any atom is -0.379 e. The summed E-state index contributed by atoms with van der Waals surface area (Å²) in [6, 6.07) is 0.831. The molecule has 0 radical (unpaired) electrons. The molecule has 0 saturated carbocycles. The molecular weight excluding hydrogens is 628 g/mol. The number of piperazine rings is 1. The molecule has 0 N–H and O–H groups in total. The van der Waals surface area contributed by atoms with E-state index in [0.29, 0.717) is 32.8 Å². The summed E-state index contributed by atoms with van der Waals surface area (Å²) in [4.78, 5) is 36.4. The van der Waals surface area contributed by atoms with Crippen molar-refractivity contribution in [2.75, 3.05) is 50.9 Å². The Hall–Kier alpha value is -3.51. The highest BCUT2D eigenvalue weighted by molar-refractivity contribution is 6.76. The molecule has 0 aliphatic carbocycles. The average Bonchev–Trinajstić information content (AvgIpc) is 3.35. The van der Waals surface area contributed by atoms with Crippen LogP contribution in [0.2, 0.25) is 25.7 Å². The van der Waals surface area contributed by atoms with Crippen molar-refractivity contribution < 1.29 is 40.6 Å². The first kappa shape index (κ1) is 34.4. The number of amides is 1. The Balaban J connectivity index is 1.27. The smallest absolute Gasteiger partial charge is 0.379 e. The molecule has 1 amide bonds. The summed E-state index contributed by atoms with van der Waals surface area (Å²) in [5.41, 5.74) is -2.90. The maximum Gasteiger partial charge on any atom is 0.419 e. The summed E-state index contributed by atoms with van der Waals surface area (Å²) in [5, 5.41) is 3.51. The highest BCUT2D eigenvalue weighted by Crippen LogP contribution is 2.34. The van der Waals surface area contributed by atoms with Crippen LogP contribution in [0.3, 0.4) is 0 Å². The van der Waals surface area contributed by atoms with E-state index >= 15 is 0 Å². The van der Waals surface area contributed by atoms with Crippen LogP contribution >= 0.6 is 0 Å². The molecule has 1 saturated heterocycles. The number of carbonyl (C=O) groups is 1. The summed E-state index contributed by atoms with van der Waals surface area (Å²) in [6.45, 7) is 7.87. The molecule has 0 unspecified atom stereocenters. The number of halogens is 6. The number of hydrogen-bond donors (Lipinski definition) is 0. The first-order valence-electron chi connectivity index (χ1n) is 14.3. The topological polar surface area (TPSA) is 108 Å². The Morgan fingerprint density at radius 3 is 2.18 bits per heavy atom. The van der Waals surface area contributed by atoms with Gasteiger partial charge in [-0.3, -0.25) is 9.59 Å². The first-order valence-corrected chi connectivity index (χ1v) is 18.0. The first-order chi connectivity index (χ1) is 21.0. The van der Waals surface area contributed by atoms with Crippen LogP contribution in [0.4, 0.5) is 32.3 Å². The average molecular weight is 664 g/mol. The largest absolute Gasteiger partial charge is 0.419 e. The molecule has 3 aromatic rings. The molecule has 45 heavy (non-hydrogen) atoms. The lowest BCUT2D eigenvalue weighted by molar-refractivity contribution is -0.138. The van der Waals surface area contributed by atoms with Gasteiger partial charge in [0.1, 0.15) is 6.73 Å². The van der Waals surface area contributed by atoms with Gasteiger partial charge in [0.05, 0.1) is 47.9 Å². The number of aromatic nitrogens is 5. The van der Waals surface area contributed by atoms with Crippen molar-refractivity contribution in [2.24, 2.45) is 0 Å². The molecule has 248 valence electrons. The Kier molecular flexibility index (Phi) is 10.6. The van der Waals surface area contributed by atoms with E-state index in [1.807, 2.05) is 0 Å². The number of nitrogens with zero attached hydrogens (tertiary/aromatic N) is 7. The van der Waals surface area contributed by atoms with Crippen LogP contribution < -0.4 is 10.5 Å². The maximum atomic E-state index is 13.8. The van der Waals surface area contributed by atoms with Crippen molar-refractivity contribution in [3.63, 3.8) is 0 Å². The SMILES string of the molecule is C[Si](C)(C)CCOCn1ncc2c(c(C(F)(F)F)cn2CCOCCC(=O)N2CCN(c3ncc(C(F)(F)F)cn3)CC2)c1=O. The van der Waals surface area contributed by atoms with E-state index in [-0.39, 0.29) is 50.3 Å². The van der Waals surface area contributed by atoms with Gasteiger partial charge in [0.25, 0.3) is 5.56 Å². The second kappa shape index (κ2) is 13.9. The Morgan fingerprint density at radius 1 is 0.911 bits per heavy atom. The van der Waals surface area contributed by atoms with Crippen LogP contribution in [0.15, 0.2) is 29.6 Å². The van der Waals surface area contributed by atoms with E-state index in [0.717, 1.165) is 29.3 Å². The van der Waals surface area contributed by atoms with Gasteiger partial charge in [-0.05, 0) is 6.04 Å². The van der Waals surface area contributed by atoms with E-state index in [4.69, 9.17) is 9.47 Å². The molecule has 1 aliphatic rings. The zero-order valence-corrected chi connectivity index (χ0v) is 26.1. The van der Waals surface area contributed by atoms with Gasteiger partial charge in [0.15, 0.2) is 0 Å². The van der Waals surface area contributed by atoms with Crippen molar-refractivity contribution in [1.82, 2.24) is 29.2 Å². The normalized spacial score (nSPS) is 14.9. The molecule has 11 nitrogen and oxygen atoms in total. The van der Waals surface area contributed by atoms with Crippen LogP contribution in [0.5, 0.6) is 0 Å². The predicted octanol–water partition coefficient (Wildman–Crippen LogP) is 4.09. The fraction of sp³-hybridized carbons (Fsp3) is 0.593. The van der Waals surface area contributed by atoms with Gasteiger partial charge in [-0.25, -0.2) is 14.6 Å². The van der Waals surface area contributed by atoms with E-state index in [1.54, 1.807) is 9.80 Å².